The second-order valence-corrected chi connectivity index (χ2v) is 11.4. The SMILES string of the molecule is COc1ccc(C2(c3ccc(OC)cc3)SCSC2(c2ccc(OC)cc2)c2ccc(OC)cc2)cc1. The van der Waals surface area contributed by atoms with Crippen molar-refractivity contribution >= 4 is 23.5 Å². The zero-order chi connectivity index (χ0) is 25.9. The van der Waals surface area contributed by atoms with Crippen molar-refractivity contribution in [3.05, 3.63) is 119 Å². The van der Waals surface area contributed by atoms with Crippen molar-refractivity contribution in [2.45, 2.75) is 9.49 Å². The average Bonchev–Trinajstić information content (AvgIpc) is 3.39. The van der Waals surface area contributed by atoms with Gasteiger partial charge in [-0.2, -0.15) is 0 Å². The van der Waals surface area contributed by atoms with E-state index in [1.54, 1.807) is 28.4 Å². The summed E-state index contributed by atoms with van der Waals surface area (Å²) >= 11 is 3.92. The van der Waals surface area contributed by atoms with Crippen molar-refractivity contribution in [1.82, 2.24) is 0 Å². The maximum absolute atomic E-state index is 5.52. The van der Waals surface area contributed by atoms with Crippen LogP contribution in [-0.4, -0.2) is 33.5 Å². The molecule has 37 heavy (non-hydrogen) atoms. The fraction of sp³-hybridized carbons (Fsp3) is 0.226. The highest BCUT2D eigenvalue weighted by Gasteiger charge is 2.60. The van der Waals surface area contributed by atoms with Gasteiger partial charge in [-0.25, -0.2) is 0 Å². The molecule has 0 saturated carbocycles. The molecule has 6 heteroatoms. The minimum Gasteiger partial charge on any atom is -0.497 e. The Balaban J connectivity index is 1.84. The molecule has 1 aliphatic heterocycles. The Bertz CT molecular complexity index is 1120. The van der Waals surface area contributed by atoms with Gasteiger partial charge in [0.25, 0.3) is 0 Å². The lowest BCUT2D eigenvalue weighted by atomic mass is 9.71. The van der Waals surface area contributed by atoms with Crippen molar-refractivity contribution in [2.24, 2.45) is 0 Å². The van der Waals surface area contributed by atoms with Crippen LogP contribution in [0, 0.1) is 0 Å². The predicted molar refractivity (Wildman–Crippen MR) is 154 cm³/mol. The molecule has 0 aromatic heterocycles. The minimum atomic E-state index is -0.445. The topological polar surface area (TPSA) is 36.9 Å². The maximum atomic E-state index is 5.52. The lowest BCUT2D eigenvalue weighted by Crippen LogP contribution is -2.43. The van der Waals surface area contributed by atoms with Gasteiger partial charge in [-0.3, -0.25) is 0 Å². The molecular weight excluding hydrogens is 500 g/mol. The molecule has 190 valence electrons. The Morgan fingerprint density at radius 3 is 0.811 bits per heavy atom. The van der Waals surface area contributed by atoms with E-state index in [0.29, 0.717) is 0 Å². The highest BCUT2D eigenvalue weighted by Crippen LogP contribution is 2.70. The molecule has 0 spiro atoms. The minimum absolute atomic E-state index is 0.445. The van der Waals surface area contributed by atoms with Crippen LogP contribution in [0.2, 0.25) is 0 Å². The molecule has 1 fully saturated rings. The van der Waals surface area contributed by atoms with Gasteiger partial charge < -0.3 is 18.9 Å². The van der Waals surface area contributed by atoms with E-state index in [4.69, 9.17) is 18.9 Å². The van der Waals surface area contributed by atoms with Gasteiger partial charge in [0.05, 0.1) is 37.9 Å². The summed E-state index contributed by atoms with van der Waals surface area (Å²) < 4.78 is 21.2. The van der Waals surface area contributed by atoms with Crippen molar-refractivity contribution in [1.29, 1.82) is 0 Å². The van der Waals surface area contributed by atoms with Crippen LogP contribution in [0.3, 0.4) is 0 Å². The van der Waals surface area contributed by atoms with Crippen molar-refractivity contribution in [3.8, 4) is 23.0 Å². The van der Waals surface area contributed by atoms with Crippen LogP contribution in [0.15, 0.2) is 97.1 Å². The lowest BCUT2D eigenvalue weighted by molar-refractivity contribution is 0.413. The molecule has 0 unspecified atom stereocenters. The van der Waals surface area contributed by atoms with E-state index in [-0.39, 0.29) is 0 Å². The first-order valence-electron chi connectivity index (χ1n) is 12.0. The normalized spacial score (nSPS) is 15.7. The van der Waals surface area contributed by atoms with E-state index in [2.05, 4.69) is 97.1 Å². The van der Waals surface area contributed by atoms with Crippen molar-refractivity contribution in [3.63, 3.8) is 0 Å². The smallest absolute Gasteiger partial charge is 0.118 e. The summed E-state index contributed by atoms with van der Waals surface area (Å²) in [5.41, 5.74) is 4.83. The second-order valence-electron chi connectivity index (χ2n) is 8.68. The number of thioether (sulfide) groups is 2. The molecule has 1 heterocycles. The van der Waals surface area contributed by atoms with Crippen LogP contribution >= 0.6 is 23.5 Å². The Morgan fingerprint density at radius 1 is 0.405 bits per heavy atom. The van der Waals surface area contributed by atoms with Crippen LogP contribution in [0.25, 0.3) is 0 Å². The molecule has 5 rings (SSSR count). The van der Waals surface area contributed by atoms with Gasteiger partial charge in [0, 0.05) is 5.08 Å². The zero-order valence-corrected chi connectivity index (χ0v) is 23.0. The maximum Gasteiger partial charge on any atom is 0.118 e. The summed E-state index contributed by atoms with van der Waals surface area (Å²) in [6, 6.07) is 34.0. The van der Waals surface area contributed by atoms with E-state index in [0.717, 1.165) is 28.1 Å². The lowest BCUT2D eigenvalue weighted by Gasteiger charge is -2.46. The van der Waals surface area contributed by atoms with E-state index in [1.807, 2.05) is 23.5 Å². The summed E-state index contributed by atoms with van der Waals surface area (Å²) in [4.78, 5) is 0. The van der Waals surface area contributed by atoms with Crippen LogP contribution in [0.4, 0.5) is 0 Å². The average molecular weight is 531 g/mol. The molecule has 4 aromatic rings. The van der Waals surface area contributed by atoms with E-state index in [9.17, 15) is 0 Å². The van der Waals surface area contributed by atoms with Crippen molar-refractivity contribution < 1.29 is 18.9 Å². The molecule has 0 amide bonds. The van der Waals surface area contributed by atoms with Gasteiger partial charge >= 0.3 is 0 Å². The third-order valence-corrected chi connectivity index (χ3v) is 10.5. The number of hydrogen-bond donors (Lipinski definition) is 0. The first-order valence-corrected chi connectivity index (χ1v) is 13.9. The second kappa shape index (κ2) is 10.6. The van der Waals surface area contributed by atoms with E-state index in [1.165, 1.54) is 22.3 Å². The van der Waals surface area contributed by atoms with Gasteiger partial charge in [0.15, 0.2) is 0 Å². The van der Waals surface area contributed by atoms with Crippen LogP contribution < -0.4 is 18.9 Å². The number of ether oxygens (including phenoxy) is 4. The predicted octanol–water partition coefficient (Wildman–Crippen LogP) is 7.35. The zero-order valence-electron chi connectivity index (χ0n) is 21.4. The number of methoxy groups -OCH3 is 4. The largest absolute Gasteiger partial charge is 0.497 e. The van der Waals surface area contributed by atoms with Gasteiger partial charge in [-0.1, -0.05) is 48.5 Å². The third kappa shape index (κ3) is 4.22. The number of benzene rings is 4. The quantitative estimate of drug-likeness (QED) is 0.237. The molecule has 1 aliphatic rings. The first kappa shape index (κ1) is 25.4. The van der Waals surface area contributed by atoms with E-state index >= 15 is 0 Å². The fourth-order valence-electron chi connectivity index (χ4n) is 5.19. The molecular formula is C31H30O4S2. The van der Waals surface area contributed by atoms with Gasteiger partial charge in [0.1, 0.15) is 23.0 Å². The molecule has 0 bridgehead atoms. The van der Waals surface area contributed by atoms with Gasteiger partial charge in [-0.15, -0.1) is 23.5 Å². The van der Waals surface area contributed by atoms with Gasteiger partial charge in [-0.05, 0) is 70.8 Å². The summed E-state index contributed by atoms with van der Waals surface area (Å²) in [7, 11) is 6.81. The standard InChI is InChI=1S/C31H30O4S2/c1-32-26-13-5-22(6-14-26)30(23-7-15-27(33-2)16-8-23)31(37-21-36-30,24-9-17-28(34-3)18-10-24)25-11-19-29(35-4)20-12-25/h5-20H,21H2,1-4H3. The highest BCUT2D eigenvalue weighted by atomic mass is 32.2. The molecule has 4 aromatic carbocycles. The Kier molecular flexibility index (Phi) is 7.31. The van der Waals surface area contributed by atoms with Crippen LogP contribution in [-0.2, 0) is 9.49 Å². The van der Waals surface area contributed by atoms with E-state index < -0.39 is 9.49 Å². The Labute approximate surface area is 227 Å². The number of hydrogen-bond acceptors (Lipinski definition) is 6. The number of rotatable bonds is 8. The molecule has 1 saturated heterocycles. The Hall–Kier alpha value is -3.22. The summed E-state index contributed by atoms with van der Waals surface area (Å²) in [5, 5.41) is 0.913. The monoisotopic (exact) mass is 530 g/mol. The van der Waals surface area contributed by atoms with Crippen LogP contribution in [0.5, 0.6) is 23.0 Å². The Morgan fingerprint density at radius 2 is 0.622 bits per heavy atom. The first-order chi connectivity index (χ1) is 18.1. The molecule has 0 radical (unpaired) electrons. The summed E-state index contributed by atoms with van der Waals surface area (Å²) in [5.74, 6) is 3.35. The summed E-state index contributed by atoms with van der Waals surface area (Å²) in [6.07, 6.45) is 0. The molecule has 0 aliphatic carbocycles. The molecule has 0 N–H and O–H groups in total. The fourth-order valence-corrected chi connectivity index (χ4v) is 9.28. The molecule has 0 atom stereocenters. The van der Waals surface area contributed by atoms with Gasteiger partial charge in [0.2, 0.25) is 0 Å². The molecule has 4 nitrogen and oxygen atoms in total. The summed E-state index contributed by atoms with van der Waals surface area (Å²) in [6.45, 7) is 0. The van der Waals surface area contributed by atoms with Crippen molar-refractivity contribution in [2.75, 3.05) is 33.5 Å². The van der Waals surface area contributed by atoms with Crippen LogP contribution in [0.1, 0.15) is 22.3 Å². The highest BCUT2D eigenvalue weighted by molar-refractivity contribution is 8.20. The third-order valence-electron chi connectivity index (χ3n) is 7.03.